The Morgan fingerprint density at radius 2 is 1.80 bits per heavy atom. The third kappa shape index (κ3) is 2.01. The molecule has 0 amide bonds. The summed E-state index contributed by atoms with van der Waals surface area (Å²) < 4.78 is 20.5. The summed E-state index contributed by atoms with van der Waals surface area (Å²) in [5.41, 5.74) is 0. The van der Waals surface area contributed by atoms with Crippen LogP contribution in [0.15, 0.2) is 30.3 Å². The normalized spacial score (nSPS) is 16.2. The van der Waals surface area contributed by atoms with Gasteiger partial charge in [0.25, 0.3) is 0 Å². The molecule has 1 rings (SSSR count). The van der Waals surface area contributed by atoms with Crippen LogP contribution in [0.4, 0.5) is 0 Å². The molecule has 1 aromatic carbocycles. The van der Waals surface area contributed by atoms with Gasteiger partial charge in [-0.1, -0.05) is 0 Å². The number of benzene rings is 1. The van der Waals surface area contributed by atoms with E-state index in [4.69, 9.17) is 4.10 Å². The minimum absolute atomic E-state index is 0.487. The minimum atomic E-state index is -3.79. The van der Waals surface area contributed by atoms with Gasteiger partial charge in [0.15, 0.2) is 0 Å². The first-order chi connectivity index (χ1) is 4.61. The van der Waals surface area contributed by atoms with Crippen LogP contribution in [0.3, 0.4) is 0 Å². The monoisotopic (exact) mass is 264 g/mol. The van der Waals surface area contributed by atoms with E-state index >= 15 is 0 Å². The Bertz CT molecular complexity index is 254. The van der Waals surface area contributed by atoms with Crippen molar-refractivity contribution in [3.05, 3.63) is 30.3 Å². The number of hydrogen-bond donors (Lipinski definition) is 1. The van der Waals surface area contributed by atoms with Crippen LogP contribution in [0.1, 0.15) is 0 Å². The van der Waals surface area contributed by atoms with E-state index in [1.54, 1.807) is 24.3 Å². The number of halogens is 1. The van der Waals surface area contributed by atoms with Gasteiger partial charge in [-0.2, -0.15) is 0 Å². The van der Waals surface area contributed by atoms with Crippen LogP contribution >= 0.6 is 13.9 Å². The van der Waals surface area contributed by atoms with Gasteiger partial charge >= 0.3 is 68.4 Å². The second-order valence-corrected chi connectivity index (χ2v) is 10.0. The van der Waals surface area contributed by atoms with Crippen LogP contribution in [-0.4, -0.2) is 16.1 Å². The molecule has 10 heavy (non-hydrogen) atoms. The summed E-state index contributed by atoms with van der Waals surface area (Å²) >= 11 is -1.03. The van der Waals surface area contributed by atoms with Crippen LogP contribution in [0.2, 0.25) is 0 Å². The zero-order valence-electron chi connectivity index (χ0n) is 5.07. The summed E-state index contributed by atoms with van der Waals surface area (Å²) in [7, 11) is 0. The molecule has 0 aliphatic carbocycles. The summed E-state index contributed by atoms with van der Waals surface area (Å²) in [5.74, 6) is 0. The molecule has 1 unspecified atom stereocenters. The standard InChI is InChI=1S/C6H6AsBrO2/c8-7(9,10)6-4-2-1-3-5-6/h1-5H,(H,9,10). The molecular weight excluding hydrogens is 259 g/mol. The van der Waals surface area contributed by atoms with Crippen molar-refractivity contribution < 1.29 is 7.84 Å². The third-order valence-corrected chi connectivity index (χ3v) is 5.16. The molecule has 54 valence electrons. The zero-order chi connectivity index (χ0) is 7.61. The van der Waals surface area contributed by atoms with Crippen molar-refractivity contribution >= 4 is 30.3 Å². The molecule has 2 nitrogen and oxygen atoms in total. The molecule has 0 fully saturated rings. The van der Waals surface area contributed by atoms with Crippen LogP contribution in [-0.2, 0) is 3.74 Å². The third-order valence-electron chi connectivity index (χ3n) is 1.07. The van der Waals surface area contributed by atoms with Gasteiger partial charge < -0.3 is 0 Å². The molecule has 1 N–H and O–H groups in total. The van der Waals surface area contributed by atoms with E-state index in [0.717, 1.165) is 0 Å². The summed E-state index contributed by atoms with van der Waals surface area (Å²) in [5, 5.41) is 0. The van der Waals surface area contributed by atoms with E-state index in [1.165, 1.54) is 0 Å². The van der Waals surface area contributed by atoms with Crippen LogP contribution in [0.5, 0.6) is 0 Å². The van der Waals surface area contributed by atoms with E-state index in [9.17, 15) is 3.74 Å². The van der Waals surface area contributed by atoms with Gasteiger partial charge in [-0.05, 0) is 0 Å². The fraction of sp³-hybridized carbons (Fsp3) is 0. The molecule has 0 radical (unpaired) electrons. The van der Waals surface area contributed by atoms with Gasteiger partial charge in [-0.15, -0.1) is 0 Å². The van der Waals surface area contributed by atoms with Crippen molar-refractivity contribution in [2.24, 2.45) is 0 Å². The molecule has 0 heterocycles. The van der Waals surface area contributed by atoms with E-state index in [0.29, 0.717) is 4.35 Å². The van der Waals surface area contributed by atoms with Crippen molar-refractivity contribution in [3.8, 4) is 0 Å². The molecule has 0 aliphatic heterocycles. The van der Waals surface area contributed by atoms with Gasteiger partial charge in [0.05, 0.1) is 0 Å². The summed E-state index contributed by atoms with van der Waals surface area (Å²) in [6.07, 6.45) is 0. The molecule has 0 spiro atoms. The zero-order valence-corrected chi connectivity index (χ0v) is 8.53. The van der Waals surface area contributed by atoms with E-state index < -0.39 is 12.0 Å². The summed E-state index contributed by atoms with van der Waals surface area (Å²) in [4.78, 5) is 0. The average molecular weight is 265 g/mol. The second-order valence-electron chi connectivity index (χ2n) is 1.84. The van der Waals surface area contributed by atoms with Crippen LogP contribution < -0.4 is 4.35 Å². The maximum atomic E-state index is 10.9. The summed E-state index contributed by atoms with van der Waals surface area (Å²) in [6.45, 7) is 0. The van der Waals surface area contributed by atoms with Crippen LogP contribution in [0.25, 0.3) is 0 Å². The molecule has 0 saturated heterocycles. The van der Waals surface area contributed by atoms with Gasteiger partial charge in [0.2, 0.25) is 0 Å². The predicted octanol–water partition coefficient (Wildman–Crippen LogP) is 0.650. The molecule has 4 heteroatoms. The van der Waals surface area contributed by atoms with Crippen molar-refractivity contribution in [3.63, 3.8) is 0 Å². The fourth-order valence-corrected chi connectivity index (χ4v) is 2.97. The Morgan fingerprint density at radius 3 is 2.10 bits per heavy atom. The molecule has 0 bridgehead atoms. The fourth-order valence-electron chi connectivity index (χ4n) is 0.612. The van der Waals surface area contributed by atoms with Crippen molar-refractivity contribution in [1.82, 2.24) is 0 Å². The Kier molecular flexibility index (Phi) is 2.40. The van der Waals surface area contributed by atoms with Gasteiger partial charge in [0, 0.05) is 0 Å². The Labute approximate surface area is 68.5 Å². The van der Waals surface area contributed by atoms with Gasteiger partial charge in [-0.3, -0.25) is 0 Å². The number of rotatable bonds is 1. The Morgan fingerprint density at radius 1 is 1.30 bits per heavy atom. The first-order valence-corrected chi connectivity index (χ1v) is 9.62. The molecule has 0 aromatic heterocycles. The first kappa shape index (κ1) is 8.12. The molecule has 0 saturated carbocycles. The van der Waals surface area contributed by atoms with E-state index in [-0.39, 0.29) is 0 Å². The Hall–Kier alpha value is 0.0184. The number of hydrogen-bond acceptors (Lipinski definition) is 1. The molecule has 0 aliphatic rings. The predicted molar refractivity (Wildman–Crippen MR) is 43.7 cm³/mol. The van der Waals surface area contributed by atoms with Gasteiger partial charge in [0.1, 0.15) is 0 Å². The second kappa shape index (κ2) is 2.95. The molecule has 1 atom stereocenters. The van der Waals surface area contributed by atoms with Crippen molar-refractivity contribution in [2.75, 3.05) is 0 Å². The Balaban J connectivity index is 3.09. The van der Waals surface area contributed by atoms with E-state index in [1.807, 2.05) is 6.07 Å². The quantitative estimate of drug-likeness (QED) is 0.757. The van der Waals surface area contributed by atoms with Crippen molar-refractivity contribution in [1.29, 1.82) is 0 Å². The first-order valence-electron chi connectivity index (χ1n) is 2.69. The molecular formula is C6H6AsBrO2. The van der Waals surface area contributed by atoms with Gasteiger partial charge in [-0.25, -0.2) is 0 Å². The average Bonchev–Trinajstić information content (AvgIpc) is 1.88. The SMILES string of the molecule is O=[As](O)(Br)c1ccccc1. The van der Waals surface area contributed by atoms with Crippen molar-refractivity contribution in [2.45, 2.75) is 0 Å². The maximum absolute atomic E-state index is 10.9. The van der Waals surface area contributed by atoms with E-state index in [2.05, 4.69) is 13.9 Å². The summed E-state index contributed by atoms with van der Waals surface area (Å²) in [6, 6.07) is 8.55. The molecule has 1 aromatic rings. The van der Waals surface area contributed by atoms with Crippen LogP contribution in [0, 0.1) is 0 Å². The topological polar surface area (TPSA) is 37.3 Å².